The minimum absolute atomic E-state index is 0.0268. The number of hydrogen-bond donors (Lipinski definition) is 6. The molecular formula is C79H109N7O10. The summed E-state index contributed by atoms with van der Waals surface area (Å²) < 4.78 is 5.59. The summed E-state index contributed by atoms with van der Waals surface area (Å²) in [6, 6.07) is 21.1. The Morgan fingerprint density at radius 2 is 1.14 bits per heavy atom. The second kappa shape index (κ2) is 32.0. The van der Waals surface area contributed by atoms with Gasteiger partial charge in [-0.05, 0) is 215 Å². The lowest BCUT2D eigenvalue weighted by Gasteiger charge is -2.40. The van der Waals surface area contributed by atoms with Crippen molar-refractivity contribution in [1.29, 1.82) is 0 Å². The number of ketones is 2. The van der Waals surface area contributed by atoms with E-state index in [4.69, 9.17) is 10.5 Å². The number of nitrogens with zero attached hydrogens (tertiary/aromatic N) is 1. The fourth-order valence-corrected chi connectivity index (χ4v) is 18.6. The molecule has 0 radical (unpaired) electrons. The predicted molar refractivity (Wildman–Crippen MR) is 373 cm³/mol. The first-order valence-electron chi connectivity index (χ1n) is 36.7. The summed E-state index contributed by atoms with van der Waals surface area (Å²) >= 11 is 0. The molecule has 3 aromatic rings. The predicted octanol–water partition coefficient (Wildman–Crippen LogP) is 14.2. The SMILES string of the molecule is Cc1ccc(C2CC3C(=O)C4CC(C)C(CCCCCC5CC6CCC7(C)CC(c8ccc(NC(=O)OCc9ccc(NC(=O)C(CCCNC(N)=O)NC(=O)[C@@H](NC(=O)CCCCCN%10C(=O)C=CC%10=O)C(C)C)cc9)cc8)CC7C(=O)C6CC5C)CC4CCC3(C)C2)cc1. The standard InChI is InChI=1S/C79H109N7O10/c1-48(2)71(85-68(87)18-12-9-13-38-86-69(88)31-32-70(86)89)75(93)84-67(17-14-37-81-76(80)94)74(92)82-61-27-21-52(22-28-61)47-96-77(95)83-62-29-25-54(26-30-62)60-44-66-73(91)64-40-51(5)56(42-58(64)34-36-79(66,7)46-60)16-11-8-10-15-55-41-57-33-35-78(6)45-59(53-23-19-49(3)20-24-53)43-65(78)72(90)63(57)39-50(55)4/h19-32,48,50-51,55-60,63-67,71H,8-18,33-47H2,1-7H3,(H,82,92)(H,83,95)(H,84,93)(H,85,87)(H3,80,81,94)/t50?,51?,55?,56?,57?,58?,59?,60?,63?,64?,65?,66?,67?,71-,78?,79?/m0/s1. The number of nitrogens with one attached hydrogen (secondary N) is 5. The van der Waals surface area contributed by atoms with Gasteiger partial charge in [-0.3, -0.25) is 43.8 Å². The van der Waals surface area contributed by atoms with E-state index >= 15 is 0 Å². The van der Waals surface area contributed by atoms with Crippen molar-refractivity contribution >= 4 is 64.6 Å². The van der Waals surface area contributed by atoms with Crippen LogP contribution in [0.2, 0.25) is 0 Å². The maximum atomic E-state index is 14.7. The molecule has 15 unspecified atom stereocenters. The summed E-state index contributed by atoms with van der Waals surface area (Å²) in [6.45, 7) is 15.8. The molecule has 1 aliphatic heterocycles. The molecule has 520 valence electrons. The molecule has 7 aliphatic rings. The van der Waals surface area contributed by atoms with Crippen LogP contribution >= 0.6 is 0 Å². The van der Waals surface area contributed by atoms with Gasteiger partial charge in [-0.15, -0.1) is 0 Å². The second-order valence-corrected chi connectivity index (χ2v) is 31.5. The highest BCUT2D eigenvalue weighted by Crippen LogP contribution is 2.61. The zero-order valence-electron chi connectivity index (χ0n) is 58.2. The molecule has 6 fully saturated rings. The van der Waals surface area contributed by atoms with Crippen molar-refractivity contribution in [1.82, 2.24) is 20.9 Å². The smallest absolute Gasteiger partial charge is 0.411 e. The molecule has 6 saturated carbocycles. The van der Waals surface area contributed by atoms with Gasteiger partial charge in [0, 0.05) is 66.7 Å². The van der Waals surface area contributed by atoms with E-state index in [1.807, 2.05) is 12.1 Å². The molecule has 16 atom stereocenters. The molecule has 17 heteroatoms. The molecule has 1 heterocycles. The summed E-state index contributed by atoms with van der Waals surface area (Å²) in [5, 5.41) is 13.8. The Kier molecular flexibility index (Phi) is 23.9. The Labute approximate surface area is 569 Å². The van der Waals surface area contributed by atoms with Crippen molar-refractivity contribution in [3.63, 3.8) is 0 Å². The normalized spacial score (nSPS) is 29.9. The highest BCUT2D eigenvalue weighted by molar-refractivity contribution is 6.12. The maximum absolute atomic E-state index is 14.7. The molecule has 17 nitrogen and oxygen atoms in total. The van der Waals surface area contributed by atoms with Crippen LogP contribution in [0.4, 0.5) is 21.0 Å². The number of carbonyl (C=O) groups is 9. The minimum Gasteiger partial charge on any atom is -0.444 e. The molecule has 96 heavy (non-hydrogen) atoms. The fraction of sp³-hybridized carbons (Fsp3) is 0.633. The third-order valence-electron chi connectivity index (χ3n) is 24.4. The fourth-order valence-electron chi connectivity index (χ4n) is 18.6. The molecule has 0 aromatic heterocycles. The zero-order chi connectivity index (χ0) is 68.4. The number of urea groups is 1. The van der Waals surface area contributed by atoms with Crippen LogP contribution in [0.5, 0.6) is 0 Å². The lowest BCUT2D eigenvalue weighted by atomic mass is 9.64. The number of Topliss-reactive ketones (excluding diaryl/α,β-unsaturated/α-hetero) is 2. The number of imide groups is 1. The highest BCUT2D eigenvalue weighted by atomic mass is 16.5. The van der Waals surface area contributed by atoms with Gasteiger partial charge in [-0.1, -0.05) is 134 Å². The van der Waals surface area contributed by atoms with Crippen LogP contribution < -0.4 is 32.3 Å². The van der Waals surface area contributed by atoms with Gasteiger partial charge in [0.15, 0.2) is 0 Å². The van der Waals surface area contributed by atoms with Crippen LogP contribution in [-0.4, -0.2) is 83.3 Å². The lowest BCUT2D eigenvalue weighted by molar-refractivity contribution is -0.137. The number of rotatable bonds is 27. The summed E-state index contributed by atoms with van der Waals surface area (Å²) in [5.74, 6) is 3.81. The number of carbonyl (C=O) groups excluding carboxylic acids is 9. The van der Waals surface area contributed by atoms with Gasteiger partial charge in [0.1, 0.15) is 30.3 Å². The number of fused-ring (bicyclic) bond motifs is 4. The largest absolute Gasteiger partial charge is 0.444 e. The number of anilines is 2. The highest BCUT2D eigenvalue weighted by Gasteiger charge is 2.55. The molecular weight excluding hydrogens is 1210 g/mol. The van der Waals surface area contributed by atoms with Crippen molar-refractivity contribution in [2.24, 2.45) is 81.7 Å². The van der Waals surface area contributed by atoms with Crippen LogP contribution in [0.25, 0.3) is 0 Å². The summed E-state index contributed by atoms with van der Waals surface area (Å²) in [4.78, 5) is 119. The number of benzene rings is 3. The van der Waals surface area contributed by atoms with E-state index in [2.05, 4.69) is 97.6 Å². The van der Waals surface area contributed by atoms with Crippen LogP contribution in [0.3, 0.4) is 0 Å². The molecule has 0 bridgehead atoms. The van der Waals surface area contributed by atoms with Crippen LogP contribution in [0.1, 0.15) is 223 Å². The average molecular weight is 1320 g/mol. The molecule has 10 rings (SSSR count). The summed E-state index contributed by atoms with van der Waals surface area (Å²) in [5.41, 5.74) is 11.0. The minimum atomic E-state index is -1.04. The van der Waals surface area contributed by atoms with Crippen LogP contribution in [0, 0.1) is 82.9 Å². The third-order valence-corrected chi connectivity index (χ3v) is 24.4. The molecule has 0 spiro atoms. The Morgan fingerprint density at radius 3 is 1.68 bits per heavy atom. The second-order valence-electron chi connectivity index (χ2n) is 31.5. The van der Waals surface area contributed by atoms with E-state index in [1.165, 1.54) is 86.6 Å². The molecule has 7 N–H and O–H groups in total. The first-order valence-corrected chi connectivity index (χ1v) is 36.7. The first kappa shape index (κ1) is 71.6. The number of amides is 8. The van der Waals surface area contributed by atoms with Crippen LogP contribution in [-0.2, 0) is 44.9 Å². The van der Waals surface area contributed by atoms with E-state index in [0.717, 1.165) is 62.2 Å². The van der Waals surface area contributed by atoms with E-state index in [-0.39, 0.29) is 96.6 Å². The van der Waals surface area contributed by atoms with Crippen molar-refractivity contribution in [2.45, 2.75) is 227 Å². The van der Waals surface area contributed by atoms with Gasteiger partial charge in [-0.2, -0.15) is 0 Å². The van der Waals surface area contributed by atoms with E-state index < -0.39 is 36.0 Å². The van der Waals surface area contributed by atoms with Crippen molar-refractivity contribution in [3.8, 4) is 0 Å². The Bertz CT molecular complexity index is 3280. The van der Waals surface area contributed by atoms with Crippen molar-refractivity contribution in [2.75, 3.05) is 23.7 Å². The number of nitrogens with two attached hydrogens (primary N) is 1. The molecule has 3 aromatic carbocycles. The van der Waals surface area contributed by atoms with Crippen molar-refractivity contribution < 1.29 is 47.9 Å². The van der Waals surface area contributed by atoms with E-state index in [0.29, 0.717) is 89.7 Å². The monoisotopic (exact) mass is 1320 g/mol. The number of ether oxygens (including phenoxy) is 1. The zero-order valence-corrected chi connectivity index (χ0v) is 58.2. The molecule has 6 aliphatic carbocycles. The van der Waals surface area contributed by atoms with Gasteiger partial charge in [-0.25, -0.2) is 9.59 Å². The van der Waals surface area contributed by atoms with Gasteiger partial charge in [0.25, 0.3) is 11.8 Å². The van der Waals surface area contributed by atoms with Gasteiger partial charge in [0.2, 0.25) is 17.7 Å². The van der Waals surface area contributed by atoms with Gasteiger partial charge < -0.3 is 31.7 Å². The van der Waals surface area contributed by atoms with E-state index in [1.54, 1.807) is 38.1 Å². The summed E-state index contributed by atoms with van der Waals surface area (Å²) in [7, 11) is 0. The summed E-state index contributed by atoms with van der Waals surface area (Å²) in [6.07, 6.45) is 23.7. The Hall–Kier alpha value is -7.17. The Morgan fingerprint density at radius 1 is 0.615 bits per heavy atom. The van der Waals surface area contributed by atoms with Gasteiger partial charge >= 0.3 is 12.1 Å². The maximum Gasteiger partial charge on any atom is 0.411 e. The average Bonchev–Trinajstić information content (AvgIpc) is 1.61. The van der Waals surface area contributed by atoms with Crippen molar-refractivity contribution in [3.05, 3.63) is 107 Å². The number of primary amides is 1. The number of unbranched alkanes of at least 4 members (excludes halogenated alkanes) is 4. The first-order chi connectivity index (χ1) is 45.9. The van der Waals surface area contributed by atoms with Gasteiger partial charge in [0.05, 0.1) is 0 Å². The third kappa shape index (κ3) is 17.8. The quantitative estimate of drug-likeness (QED) is 0.0311. The molecule has 0 saturated heterocycles. The lowest BCUT2D eigenvalue weighted by Crippen LogP contribution is -2.54. The molecule has 8 amide bonds. The Balaban J connectivity index is 0.625. The number of hydrogen-bond acceptors (Lipinski definition) is 10. The number of aryl methyl sites for hydroxylation is 1. The van der Waals surface area contributed by atoms with Crippen LogP contribution in [0.15, 0.2) is 84.9 Å². The van der Waals surface area contributed by atoms with E-state index in [9.17, 15) is 43.2 Å². The topological polar surface area (TPSA) is 252 Å².